The zero-order valence-electron chi connectivity index (χ0n) is 12.0. The number of carbonyl (C=O) groups is 1. The normalized spacial score (nSPS) is 18.2. The summed E-state index contributed by atoms with van der Waals surface area (Å²) in [6, 6.07) is 14.4. The maximum Gasteiger partial charge on any atom is 0.328 e. The first-order valence-electron chi connectivity index (χ1n) is 6.94. The van der Waals surface area contributed by atoms with Crippen molar-refractivity contribution in [1.82, 2.24) is 4.72 Å². The van der Waals surface area contributed by atoms with Crippen molar-refractivity contribution in [3.05, 3.63) is 65.7 Å². The molecule has 7 heteroatoms. The predicted molar refractivity (Wildman–Crippen MR) is 84.9 cm³/mol. The van der Waals surface area contributed by atoms with Crippen LogP contribution < -0.4 is 4.72 Å². The fourth-order valence-corrected chi connectivity index (χ4v) is 3.65. The van der Waals surface area contributed by atoms with Gasteiger partial charge in [0.2, 0.25) is 0 Å². The Kier molecular flexibility index (Phi) is 3.87. The number of nitrogens with one attached hydrogen (secondary N) is 1. The molecule has 0 aromatic heterocycles. The molecule has 0 fully saturated rings. The third kappa shape index (κ3) is 3.09. The first kappa shape index (κ1) is 15.2. The van der Waals surface area contributed by atoms with Crippen molar-refractivity contribution in [2.75, 3.05) is 0 Å². The lowest BCUT2D eigenvalue weighted by Crippen LogP contribution is -2.28. The van der Waals surface area contributed by atoms with E-state index in [0.717, 1.165) is 5.56 Å². The van der Waals surface area contributed by atoms with E-state index >= 15 is 0 Å². The second-order valence-corrected chi connectivity index (χ2v) is 6.77. The third-order valence-corrected chi connectivity index (χ3v) is 4.90. The number of sulfonamides is 1. The maximum absolute atomic E-state index is 12.0. The Labute approximate surface area is 133 Å². The van der Waals surface area contributed by atoms with Gasteiger partial charge in [-0.15, -0.1) is 0 Å². The lowest BCUT2D eigenvalue weighted by Gasteiger charge is -2.09. The number of hydrogen-bond acceptors (Lipinski definition) is 4. The van der Waals surface area contributed by atoms with E-state index in [9.17, 15) is 18.3 Å². The molecule has 0 saturated carbocycles. The Morgan fingerprint density at radius 3 is 2.43 bits per heavy atom. The fourth-order valence-electron chi connectivity index (χ4n) is 2.41. The predicted octanol–water partition coefficient (Wildman–Crippen LogP) is 1.42. The molecule has 118 valence electrons. The molecule has 0 spiro atoms. The number of carboxylic acids is 1. The van der Waals surface area contributed by atoms with Crippen LogP contribution in [0.4, 0.5) is 0 Å². The van der Waals surface area contributed by atoms with Crippen LogP contribution in [0, 0.1) is 0 Å². The topological polar surface area (TPSA) is 95.8 Å². The average Bonchev–Trinajstić information content (AvgIpc) is 2.79. The van der Waals surface area contributed by atoms with Gasteiger partial charge in [0.25, 0.3) is 10.0 Å². The summed E-state index contributed by atoms with van der Waals surface area (Å²) in [6.45, 7) is 0. The smallest absolute Gasteiger partial charge is 0.328 e. The van der Waals surface area contributed by atoms with E-state index in [2.05, 4.69) is 9.71 Å². The number of fused-ring (bicyclic) bond motifs is 1. The summed E-state index contributed by atoms with van der Waals surface area (Å²) in [5, 5.41) is 9.39. The lowest BCUT2D eigenvalue weighted by molar-refractivity contribution is -0.138. The number of hydrogen-bond donors (Lipinski definition) is 2. The van der Waals surface area contributed by atoms with E-state index in [1.807, 2.05) is 30.3 Å². The van der Waals surface area contributed by atoms with Crippen molar-refractivity contribution < 1.29 is 18.3 Å². The van der Waals surface area contributed by atoms with Gasteiger partial charge in [-0.2, -0.15) is 0 Å². The van der Waals surface area contributed by atoms with Crippen LogP contribution in [0.5, 0.6) is 0 Å². The largest absolute Gasteiger partial charge is 0.480 e. The molecule has 1 aliphatic heterocycles. The molecule has 1 aliphatic rings. The van der Waals surface area contributed by atoms with E-state index in [4.69, 9.17) is 0 Å². The second-order valence-electron chi connectivity index (χ2n) is 5.12. The van der Waals surface area contributed by atoms with Crippen LogP contribution in [-0.2, 0) is 21.2 Å². The third-order valence-electron chi connectivity index (χ3n) is 3.50. The molecule has 1 atom stereocenters. The molecular weight excluding hydrogens is 316 g/mol. The minimum atomic E-state index is -3.67. The summed E-state index contributed by atoms with van der Waals surface area (Å²) in [6.07, 6.45) is 0.184. The zero-order chi connectivity index (χ0) is 16.4. The molecule has 1 heterocycles. The Morgan fingerprint density at radius 1 is 1.09 bits per heavy atom. The van der Waals surface area contributed by atoms with Gasteiger partial charge >= 0.3 is 5.97 Å². The minimum Gasteiger partial charge on any atom is -0.480 e. The minimum absolute atomic E-state index is 0.0731. The standard InChI is InChI=1S/C16H14N2O4S/c19-16(20)13(10-11-6-2-1-3-7-11)17-15-12-8-4-5-9-14(12)23(21,22)18-15/h1-9,13H,10H2,(H,17,18)(H,19,20)/t13-/m1/s1. The van der Waals surface area contributed by atoms with Crippen LogP contribution in [0.3, 0.4) is 0 Å². The summed E-state index contributed by atoms with van der Waals surface area (Å²) in [5.74, 6) is -1.03. The molecule has 2 aromatic rings. The van der Waals surface area contributed by atoms with Crippen molar-refractivity contribution in [3.8, 4) is 0 Å². The van der Waals surface area contributed by atoms with E-state index in [-0.39, 0.29) is 17.2 Å². The van der Waals surface area contributed by atoms with E-state index in [0.29, 0.717) is 5.56 Å². The summed E-state index contributed by atoms with van der Waals surface area (Å²) in [7, 11) is -3.67. The quantitative estimate of drug-likeness (QED) is 0.886. The van der Waals surface area contributed by atoms with Gasteiger partial charge in [0.1, 0.15) is 5.84 Å². The van der Waals surface area contributed by atoms with Gasteiger partial charge in [-0.3, -0.25) is 9.71 Å². The van der Waals surface area contributed by atoms with E-state index < -0.39 is 22.0 Å². The Balaban J connectivity index is 1.97. The molecule has 0 bridgehead atoms. The van der Waals surface area contributed by atoms with E-state index in [1.165, 1.54) is 6.07 Å². The number of aliphatic imine (C=N–C) groups is 1. The highest BCUT2D eigenvalue weighted by atomic mass is 32.2. The van der Waals surface area contributed by atoms with Crippen LogP contribution in [0.2, 0.25) is 0 Å². The van der Waals surface area contributed by atoms with Gasteiger partial charge in [-0.05, 0) is 17.7 Å². The summed E-state index contributed by atoms with van der Waals surface area (Å²) in [4.78, 5) is 15.7. The van der Waals surface area contributed by atoms with Crippen molar-refractivity contribution in [2.24, 2.45) is 4.99 Å². The van der Waals surface area contributed by atoms with Gasteiger partial charge in [0.15, 0.2) is 6.04 Å². The van der Waals surface area contributed by atoms with Crippen molar-refractivity contribution in [1.29, 1.82) is 0 Å². The molecule has 0 aliphatic carbocycles. The Bertz CT molecular complexity index is 876. The molecule has 6 nitrogen and oxygen atoms in total. The lowest BCUT2D eigenvalue weighted by atomic mass is 10.1. The average molecular weight is 330 g/mol. The molecule has 2 aromatic carbocycles. The highest BCUT2D eigenvalue weighted by molar-refractivity contribution is 7.90. The maximum atomic E-state index is 12.0. The van der Waals surface area contributed by atoms with Crippen LogP contribution in [0.15, 0.2) is 64.5 Å². The number of nitrogens with zero attached hydrogens (tertiary/aromatic N) is 1. The first-order valence-corrected chi connectivity index (χ1v) is 8.42. The van der Waals surface area contributed by atoms with Crippen LogP contribution >= 0.6 is 0 Å². The SMILES string of the molecule is O=C(O)[C@@H](Cc1ccccc1)N=C1NS(=O)(=O)c2ccccc21. The van der Waals surface area contributed by atoms with Gasteiger partial charge in [-0.1, -0.05) is 42.5 Å². The van der Waals surface area contributed by atoms with Crippen molar-refractivity contribution in [2.45, 2.75) is 17.4 Å². The number of benzene rings is 2. The molecule has 23 heavy (non-hydrogen) atoms. The summed E-state index contributed by atoms with van der Waals surface area (Å²) < 4.78 is 26.4. The van der Waals surface area contributed by atoms with Gasteiger partial charge in [-0.25, -0.2) is 13.2 Å². The number of rotatable bonds is 4. The molecule has 0 saturated heterocycles. The zero-order valence-corrected chi connectivity index (χ0v) is 12.8. The fraction of sp³-hybridized carbons (Fsp3) is 0.125. The summed E-state index contributed by atoms with van der Waals surface area (Å²) >= 11 is 0. The molecule has 0 unspecified atom stereocenters. The Hall–Kier alpha value is -2.67. The molecular formula is C16H14N2O4S. The molecule has 3 rings (SSSR count). The van der Waals surface area contributed by atoms with Crippen LogP contribution in [0.1, 0.15) is 11.1 Å². The highest BCUT2D eigenvalue weighted by Crippen LogP contribution is 2.23. The number of amidine groups is 1. The Morgan fingerprint density at radius 2 is 1.74 bits per heavy atom. The van der Waals surface area contributed by atoms with E-state index in [1.54, 1.807) is 18.2 Å². The number of carboxylic acid groups (broad SMARTS) is 1. The van der Waals surface area contributed by atoms with Crippen molar-refractivity contribution in [3.63, 3.8) is 0 Å². The summed E-state index contributed by atoms with van der Waals surface area (Å²) in [5.41, 5.74) is 1.21. The van der Waals surface area contributed by atoms with Crippen molar-refractivity contribution >= 4 is 21.8 Å². The van der Waals surface area contributed by atoms with Crippen LogP contribution in [0.25, 0.3) is 0 Å². The second kappa shape index (κ2) is 5.85. The highest BCUT2D eigenvalue weighted by Gasteiger charge is 2.31. The van der Waals surface area contributed by atoms with Gasteiger partial charge in [0.05, 0.1) is 4.90 Å². The molecule has 0 radical (unpaired) electrons. The monoisotopic (exact) mass is 330 g/mol. The molecule has 2 N–H and O–H groups in total. The first-order chi connectivity index (χ1) is 11.0. The number of aliphatic carboxylic acids is 1. The molecule has 0 amide bonds. The van der Waals surface area contributed by atoms with Gasteiger partial charge < -0.3 is 5.11 Å². The van der Waals surface area contributed by atoms with Gasteiger partial charge in [0, 0.05) is 12.0 Å². The van der Waals surface area contributed by atoms with Crippen LogP contribution in [-0.4, -0.2) is 31.4 Å².